The first-order valence-electron chi connectivity index (χ1n) is 6.69. The number of aryl methyl sites for hydroxylation is 2. The lowest BCUT2D eigenvalue weighted by Crippen LogP contribution is -2.05. The van der Waals surface area contributed by atoms with Crippen LogP contribution in [0.1, 0.15) is 11.1 Å². The Morgan fingerprint density at radius 1 is 1.14 bits per heavy atom. The van der Waals surface area contributed by atoms with Crippen LogP contribution in [0.2, 0.25) is 0 Å². The third-order valence-electron chi connectivity index (χ3n) is 3.21. The molecule has 0 spiro atoms. The summed E-state index contributed by atoms with van der Waals surface area (Å²) in [6, 6.07) is 15.5. The average molecular weight is 312 g/mol. The minimum absolute atomic E-state index is 0.102. The van der Waals surface area contributed by atoms with E-state index < -0.39 is 9.84 Å². The summed E-state index contributed by atoms with van der Waals surface area (Å²) in [6.07, 6.45) is 1.24. The molecule has 0 saturated carbocycles. The molecule has 1 N–H and O–H groups in total. The molecule has 2 rings (SSSR count). The lowest BCUT2D eigenvalue weighted by Gasteiger charge is -2.08. The third-order valence-corrected chi connectivity index (χ3v) is 4.89. The number of sulfone groups is 1. The highest BCUT2D eigenvalue weighted by Gasteiger charge is 2.20. The predicted octanol–water partition coefficient (Wildman–Crippen LogP) is 3.55. The molecular weight excluding hydrogens is 296 g/mol. The van der Waals surface area contributed by atoms with Crippen molar-refractivity contribution in [2.24, 2.45) is 0 Å². The Kier molecular flexibility index (Phi) is 4.64. The Morgan fingerprint density at radius 3 is 2.45 bits per heavy atom. The summed E-state index contributed by atoms with van der Waals surface area (Å²) in [5, 5.41) is 12.1. The summed E-state index contributed by atoms with van der Waals surface area (Å²) in [6.45, 7) is 3.85. The molecule has 2 aromatic carbocycles. The van der Waals surface area contributed by atoms with E-state index in [1.807, 2.05) is 32.0 Å². The van der Waals surface area contributed by atoms with Gasteiger partial charge in [-0.2, -0.15) is 5.26 Å². The molecule has 0 amide bonds. The predicted molar refractivity (Wildman–Crippen MR) is 86.9 cm³/mol. The van der Waals surface area contributed by atoms with E-state index in [9.17, 15) is 13.7 Å². The highest BCUT2D eigenvalue weighted by Crippen LogP contribution is 2.20. The summed E-state index contributed by atoms with van der Waals surface area (Å²) in [5.41, 5.74) is 2.79. The van der Waals surface area contributed by atoms with E-state index in [0.717, 1.165) is 16.8 Å². The fraction of sp³-hybridized carbons (Fsp3) is 0.118. The Morgan fingerprint density at radius 2 is 1.82 bits per heavy atom. The number of nitrogens with zero attached hydrogens (tertiary/aromatic N) is 1. The van der Waals surface area contributed by atoms with Gasteiger partial charge in [0.05, 0.1) is 4.90 Å². The fourth-order valence-electron chi connectivity index (χ4n) is 1.93. The number of nitriles is 1. The highest BCUT2D eigenvalue weighted by molar-refractivity contribution is 7.95. The molecule has 4 nitrogen and oxygen atoms in total. The van der Waals surface area contributed by atoms with Crippen molar-refractivity contribution in [2.75, 3.05) is 5.32 Å². The molecule has 0 heterocycles. The van der Waals surface area contributed by atoms with Crippen LogP contribution in [-0.4, -0.2) is 8.42 Å². The van der Waals surface area contributed by atoms with Gasteiger partial charge in [0.15, 0.2) is 4.91 Å². The highest BCUT2D eigenvalue weighted by atomic mass is 32.2. The molecular formula is C17H16N2O2S. The number of anilines is 1. The molecule has 0 bridgehead atoms. The Labute approximate surface area is 130 Å². The van der Waals surface area contributed by atoms with Gasteiger partial charge in [-0.3, -0.25) is 0 Å². The maximum atomic E-state index is 12.4. The molecule has 22 heavy (non-hydrogen) atoms. The SMILES string of the molecule is Cc1ccc(C)c(N/C=C(\C#N)S(=O)(=O)c2ccccc2)c1. The number of allylic oxidation sites excluding steroid dienone is 1. The zero-order valence-electron chi connectivity index (χ0n) is 12.4. The molecule has 2 aromatic rings. The molecule has 0 radical (unpaired) electrons. The molecule has 0 aliphatic carbocycles. The van der Waals surface area contributed by atoms with Gasteiger partial charge in [0, 0.05) is 11.9 Å². The van der Waals surface area contributed by atoms with Crippen molar-refractivity contribution >= 4 is 15.5 Å². The van der Waals surface area contributed by atoms with Crippen molar-refractivity contribution in [1.82, 2.24) is 0 Å². The monoisotopic (exact) mass is 312 g/mol. The van der Waals surface area contributed by atoms with E-state index in [0.29, 0.717) is 0 Å². The lowest BCUT2D eigenvalue weighted by molar-refractivity contribution is 0.603. The minimum Gasteiger partial charge on any atom is -0.360 e. The molecule has 5 heteroatoms. The second-order valence-electron chi connectivity index (χ2n) is 4.90. The largest absolute Gasteiger partial charge is 0.360 e. The van der Waals surface area contributed by atoms with E-state index in [1.54, 1.807) is 24.3 Å². The second-order valence-corrected chi connectivity index (χ2v) is 6.82. The number of hydrogen-bond donors (Lipinski definition) is 1. The summed E-state index contributed by atoms with van der Waals surface area (Å²) in [4.78, 5) is -0.217. The molecule has 0 unspecified atom stereocenters. The molecule has 112 valence electrons. The van der Waals surface area contributed by atoms with Crippen LogP contribution in [-0.2, 0) is 9.84 Å². The van der Waals surface area contributed by atoms with Crippen LogP contribution in [0.15, 0.2) is 64.5 Å². The number of rotatable bonds is 4. The van der Waals surface area contributed by atoms with Crippen LogP contribution in [0.25, 0.3) is 0 Å². The number of hydrogen-bond acceptors (Lipinski definition) is 4. The van der Waals surface area contributed by atoms with Crippen molar-refractivity contribution in [3.63, 3.8) is 0 Å². The molecule has 0 aromatic heterocycles. The topological polar surface area (TPSA) is 70.0 Å². The second kappa shape index (κ2) is 6.46. The van der Waals surface area contributed by atoms with E-state index in [4.69, 9.17) is 0 Å². The van der Waals surface area contributed by atoms with Crippen molar-refractivity contribution < 1.29 is 8.42 Å². The molecule has 0 fully saturated rings. The molecule has 0 saturated heterocycles. The van der Waals surface area contributed by atoms with Crippen molar-refractivity contribution in [3.8, 4) is 6.07 Å². The quantitative estimate of drug-likeness (QED) is 0.876. The van der Waals surface area contributed by atoms with Crippen LogP contribution in [0.3, 0.4) is 0 Å². The summed E-state index contributed by atoms with van der Waals surface area (Å²) in [5.74, 6) is 0. The fourth-order valence-corrected chi connectivity index (χ4v) is 3.03. The number of nitrogens with one attached hydrogen (secondary N) is 1. The first kappa shape index (κ1) is 15.8. The maximum Gasteiger partial charge on any atom is 0.218 e. The molecule has 0 aliphatic rings. The van der Waals surface area contributed by atoms with Gasteiger partial charge in [0.2, 0.25) is 9.84 Å². The Balaban J connectivity index is 2.37. The van der Waals surface area contributed by atoms with Crippen LogP contribution >= 0.6 is 0 Å². The van der Waals surface area contributed by atoms with E-state index in [2.05, 4.69) is 5.32 Å². The normalized spacial score (nSPS) is 11.8. The maximum absolute atomic E-state index is 12.4. The van der Waals surface area contributed by atoms with E-state index in [1.165, 1.54) is 18.3 Å². The van der Waals surface area contributed by atoms with Gasteiger partial charge in [0.1, 0.15) is 6.07 Å². The smallest absolute Gasteiger partial charge is 0.218 e. The van der Waals surface area contributed by atoms with Gasteiger partial charge in [0.25, 0.3) is 0 Å². The van der Waals surface area contributed by atoms with Gasteiger partial charge < -0.3 is 5.32 Å². The first-order chi connectivity index (χ1) is 10.4. The van der Waals surface area contributed by atoms with Gasteiger partial charge in [-0.15, -0.1) is 0 Å². The van der Waals surface area contributed by atoms with Crippen molar-refractivity contribution in [2.45, 2.75) is 18.7 Å². The minimum atomic E-state index is -3.81. The first-order valence-corrected chi connectivity index (χ1v) is 8.17. The van der Waals surface area contributed by atoms with E-state index in [-0.39, 0.29) is 9.80 Å². The molecule has 0 atom stereocenters. The van der Waals surface area contributed by atoms with Crippen molar-refractivity contribution in [3.05, 3.63) is 70.8 Å². The van der Waals surface area contributed by atoms with Gasteiger partial charge >= 0.3 is 0 Å². The van der Waals surface area contributed by atoms with Crippen LogP contribution in [0.5, 0.6) is 0 Å². The Bertz CT molecular complexity index is 848. The van der Waals surface area contributed by atoms with Crippen LogP contribution in [0, 0.1) is 25.2 Å². The van der Waals surface area contributed by atoms with E-state index >= 15 is 0 Å². The zero-order valence-corrected chi connectivity index (χ0v) is 13.2. The number of benzene rings is 2. The van der Waals surface area contributed by atoms with Crippen LogP contribution in [0.4, 0.5) is 5.69 Å². The van der Waals surface area contributed by atoms with Gasteiger partial charge in [-0.1, -0.05) is 30.3 Å². The summed E-state index contributed by atoms with van der Waals surface area (Å²) < 4.78 is 24.8. The van der Waals surface area contributed by atoms with Crippen molar-refractivity contribution in [1.29, 1.82) is 5.26 Å². The standard InChI is InChI=1S/C17H16N2O2S/c1-13-8-9-14(2)17(10-13)19-12-16(11-18)22(20,21)15-6-4-3-5-7-15/h3-10,12,19H,1-2H3/b16-12+. The lowest BCUT2D eigenvalue weighted by atomic mass is 10.1. The van der Waals surface area contributed by atoms with Gasteiger partial charge in [-0.05, 0) is 43.2 Å². The molecule has 0 aliphatic heterocycles. The zero-order chi connectivity index (χ0) is 16.2. The van der Waals surface area contributed by atoms with Gasteiger partial charge in [-0.25, -0.2) is 8.42 Å². The third kappa shape index (κ3) is 3.35. The summed E-state index contributed by atoms with van der Waals surface area (Å²) in [7, 11) is -3.81. The summed E-state index contributed by atoms with van der Waals surface area (Å²) >= 11 is 0. The van der Waals surface area contributed by atoms with Crippen LogP contribution < -0.4 is 5.32 Å². The average Bonchev–Trinajstić information content (AvgIpc) is 2.52. The Hall–Kier alpha value is -2.58.